The van der Waals surface area contributed by atoms with Gasteiger partial charge in [-0.15, -0.1) is 0 Å². The predicted molar refractivity (Wildman–Crippen MR) is 91.5 cm³/mol. The molecular weight excluding hydrogens is 312 g/mol. The number of likely N-dealkylation sites (tertiary alicyclic amines) is 1. The Labute approximate surface area is 142 Å². The van der Waals surface area contributed by atoms with E-state index in [1.807, 2.05) is 30.9 Å². The van der Waals surface area contributed by atoms with Crippen molar-refractivity contribution < 1.29 is 9.53 Å². The maximum absolute atomic E-state index is 12.9. The molecule has 3 rings (SSSR count). The number of hydrogen-bond donors (Lipinski definition) is 1. The normalized spacial score (nSPS) is 28.0. The van der Waals surface area contributed by atoms with Crippen molar-refractivity contribution in [3.63, 3.8) is 0 Å². The average molecular weight is 337 g/mol. The van der Waals surface area contributed by atoms with Gasteiger partial charge in [0, 0.05) is 24.2 Å². The molecule has 1 amide bonds. The molecule has 0 bridgehead atoms. The molecule has 2 fully saturated rings. The summed E-state index contributed by atoms with van der Waals surface area (Å²) in [5.41, 5.74) is 6.17. The third kappa shape index (κ3) is 3.48. The molecule has 0 aromatic heterocycles. The van der Waals surface area contributed by atoms with E-state index in [4.69, 9.17) is 22.1 Å². The lowest BCUT2D eigenvalue weighted by Crippen LogP contribution is -2.44. The second-order valence-electron chi connectivity index (χ2n) is 7.15. The molecule has 23 heavy (non-hydrogen) atoms. The summed E-state index contributed by atoms with van der Waals surface area (Å²) in [7, 11) is 0. The second-order valence-corrected chi connectivity index (χ2v) is 7.58. The zero-order chi connectivity index (χ0) is 16.6. The Hall–Kier alpha value is -1.26. The summed E-state index contributed by atoms with van der Waals surface area (Å²) >= 11 is 6.01. The summed E-state index contributed by atoms with van der Waals surface area (Å²) in [5.74, 6) is 1.82. The first kappa shape index (κ1) is 16.6. The number of carbonyl (C=O) groups is 1. The smallest absolute Gasteiger partial charge is 0.263 e. The van der Waals surface area contributed by atoms with Gasteiger partial charge in [0.1, 0.15) is 5.75 Å². The van der Waals surface area contributed by atoms with E-state index in [1.165, 1.54) is 0 Å². The van der Waals surface area contributed by atoms with Gasteiger partial charge in [-0.05, 0) is 48.8 Å². The van der Waals surface area contributed by atoms with E-state index in [9.17, 15) is 4.79 Å². The fourth-order valence-electron chi connectivity index (χ4n) is 3.83. The van der Waals surface area contributed by atoms with Gasteiger partial charge in [0.25, 0.3) is 5.91 Å². The Kier molecular flexibility index (Phi) is 4.83. The molecule has 2 N–H and O–H groups in total. The van der Waals surface area contributed by atoms with Crippen molar-refractivity contribution in [3.05, 3.63) is 29.3 Å². The molecule has 1 aromatic rings. The van der Waals surface area contributed by atoms with Crippen LogP contribution in [-0.2, 0) is 4.79 Å². The molecule has 0 radical (unpaired) electrons. The van der Waals surface area contributed by atoms with Gasteiger partial charge in [0.15, 0.2) is 6.10 Å². The molecule has 1 heterocycles. The average Bonchev–Trinajstić information content (AvgIpc) is 3.06. The van der Waals surface area contributed by atoms with Gasteiger partial charge in [0.05, 0.1) is 0 Å². The molecule has 1 aromatic carbocycles. The van der Waals surface area contributed by atoms with Gasteiger partial charge in [-0.25, -0.2) is 0 Å². The molecule has 2 aliphatic rings. The highest BCUT2D eigenvalue weighted by molar-refractivity contribution is 6.30. The Balaban J connectivity index is 1.70. The lowest BCUT2D eigenvalue weighted by molar-refractivity contribution is -0.140. The Morgan fingerprint density at radius 1 is 1.35 bits per heavy atom. The van der Waals surface area contributed by atoms with Gasteiger partial charge in [-0.1, -0.05) is 31.5 Å². The molecule has 4 unspecified atom stereocenters. The van der Waals surface area contributed by atoms with Crippen molar-refractivity contribution >= 4 is 17.5 Å². The van der Waals surface area contributed by atoms with Crippen LogP contribution >= 0.6 is 11.6 Å². The Bertz CT molecular complexity index is 578. The molecule has 1 saturated carbocycles. The van der Waals surface area contributed by atoms with Gasteiger partial charge in [-0.3, -0.25) is 4.79 Å². The van der Waals surface area contributed by atoms with Gasteiger partial charge in [-0.2, -0.15) is 0 Å². The lowest BCUT2D eigenvalue weighted by Gasteiger charge is -2.27. The van der Waals surface area contributed by atoms with Crippen LogP contribution in [0.2, 0.25) is 5.02 Å². The molecule has 126 valence electrons. The van der Waals surface area contributed by atoms with Crippen molar-refractivity contribution in [2.45, 2.75) is 38.8 Å². The Morgan fingerprint density at radius 2 is 2.13 bits per heavy atom. The van der Waals surface area contributed by atoms with E-state index in [1.54, 1.807) is 12.1 Å². The first-order chi connectivity index (χ1) is 11.0. The summed E-state index contributed by atoms with van der Waals surface area (Å²) < 4.78 is 5.97. The van der Waals surface area contributed by atoms with Crippen molar-refractivity contribution in [1.29, 1.82) is 0 Å². The monoisotopic (exact) mass is 336 g/mol. The number of benzene rings is 1. The third-order valence-corrected chi connectivity index (χ3v) is 5.37. The molecular formula is C18H25ClN2O2. The minimum atomic E-state index is -0.483. The maximum Gasteiger partial charge on any atom is 0.263 e. The number of hydrogen-bond acceptors (Lipinski definition) is 3. The zero-order valence-electron chi connectivity index (χ0n) is 13.7. The highest BCUT2D eigenvalue weighted by atomic mass is 35.5. The predicted octanol–water partition coefficient (Wildman–Crippen LogP) is 2.94. The van der Waals surface area contributed by atoms with Gasteiger partial charge in [0.2, 0.25) is 0 Å². The van der Waals surface area contributed by atoms with Gasteiger partial charge < -0.3 is 15.4 Å². The number of nitrogens with zero attached hydrogens (tertiary/aromatic N) is 1. The number of amides is 1. The summed E-state index contributed by atoms with van der Waals surface area (Å²) in [4.78, 5) is 14.9. The summed E-state index contributed by atoms with van der Waals surface area (Å²) in [6.45, 7) is 5.61. The number of carbonyl (C=O) groups excluding carboxylic acids is 1. The van der Waals surface area contributed by atoms with E-state index in [2.05, 4.69) is 0 Å². The maximum atomic E-state index is 12.9. The van der Waals surface area contributed by atoms with Crippen LogP contribution in [0.5, 0.6) is 5.75 Å². The highest BCUT2D eigenvalue weighted by Gasteiger charge is 2.44. The minimum Gasteiger partial charge on any atom is -0.480 e. The topological polar surface area (TPSA) is 55.6 Å². The van der Waals surface area contributed by atoms with Crippen LogP contribution in [-0.4, -0.2) is 36.0 Å². The van der Waals surface area contributed by atoms with Crippen LogP contribution in [0.15, 0.2) is 24.3 Å². The van der Waals surface area contributed by atoms with Crippen molar-refractivity contribution in [2.75, 3.05) is 13.1 Å². The SMILES string of the molecule is CC(C)C(Oc1cccc(Cl)c1)C(=O)N1CC2CCC(N)C2C1. The van der Waals surface area contributed by atoms with E-state index >= 15 is 0 Å². The van der Waals surface area contributed by atoms with E-state index in [0.717, 1.165) is 25.9 Å². The molecule has 4 atom stereocenters. The van der Waals surface area contributed by atoms with Gasteiger partial charge >= 0.3 is 0 Å². The number of ether oxygens (including phenoxy) is 1. The first-order valence-corrected chi connectivity index (χ1v) is 8.80. The van der Waals surface area contributed by atoms with E-state index in [0.29, 0.717) is 22.6 Å². The number of rotatable bonds is 4. The standard InChI is InChI=1S/C18H25ClN2O2/c1-11(2)17(23-14-5-3-4-13(19)8-14)18(22)21-9-12-6-7-16(20)15(12)10-21/h3-5,8,11-12,15-17H,6-7,9-10,20H2,1-2H3. The molecule has 1 aliphatic carbocycles. The second kappa shape index (κ2) is 6.70. The summed E-state index contributed by atoms with van der Waals surface area (Å²) in [5, 5.41) is 0.610. The summed E-state index contributed by atoms with van der Waals surface area (Å²) in [6.07, 6.45) is 1.74. The van der Waals surface area contributed by atoms with Crippen LogP contribution in [0, 0.1) is 17.8 Å². The number of halogens is 1. The Morgan fingerprint density at radius 3 is 2.78 bits per heavy atom. The van der Waals surface area contributed by atoms with Crippen LogP contribution in [0.4, 0.5) is 0 Å². The van der Waals surface area contributed by atoms with E-state index in [-0.39, 0.29) is 17.9 Å². The van der Waals surface area contributed by atoms with E-state index < -0.39 is 6.10 Å². The third-order valence-electron chi connectivity index (χ3n) is 5.13. The highest BCUT2D eigenvalue weighted by Crippen LogP contribution is 2.37. The van der Waals surface area contributed by atoms with Crippen LogP contribution in [0.1, 0.15) is 26.7 Å². The largest absolute Gasteiger partial charge is 0.480 e. The first-order valence-electron chi connectivity index (χ1n) is 8.42. The minimum absolute atomic E-state index is 0.0709. The number of fused-ring (bicyclic) bond motifs is 1. The van der Waals surface area contributed by atoms with Crippen LogP contribution < -0.4 is 10.5 Å². The zero-order valence-corrected chi connectivity index (χ0v) is 14.5. The van der Waals surface area contributed by atoms with Crippen molar-refractivity contribution in [3.8, 4) is 5.75 Å². The fourth-order valence-corrected chi connectivity index (χ4v) is 4.01. The fraction of sp³-hybridized carbons (Fsp3) is 0.611. The number of nitrogens with two attached hydrogens (primary N) is 1. The lowest BCUT2D eigenvalue weighted by atomic mass is 9.98. The molecule has 1 aliphatic heterocycles. The molecule has 5 heteroatoms. The van der Waals surface area contributed by atoms with Crippen LogP contribution in [0.25, 0.3) is 0 Å². The molecule has 0 spiro atoms. The van der Waals surface area contributed by atoms with Crippen molar-refractivity contribution in [2.24, 2.45) is 23.5 Å². The van der Waals surface area contributed by atoms with Crippen molar-refractivity contribution in [1.82, 2.24) is 4.90 Å². The quantitative estimate of drug-likeness (QED) is 0.919. The molecule has 1 saturated heterocycles. The summed E-state index contributed by atoms with van der Waals surface area (Å²) in [6, 6.07) is 7.45. The van der Waals surface area contributed by atoms with Crippen LogP contribution in [0.3, 0.4) is 0 Å². The molecule has 4 nitrogen and oxygen atoms in total.